The van der Waals surface area contributed by atoms with Gasteiger partial charge >= 0.3 is 315 Å². The van der Waals surface area contributed by atoms with Gasteiger partial charge in [-0.1, -0.05) is 0 Å². The van der Waals surface area contributed by atoms with Crippen LogP contribution < -0.4 is 0 Å². The van der Waals surface area contributed by atoms with Crippen LogP contribution >= 0.6 is 17.0 Å². The van der Waals surface area contributed by atoms with E-state index in [4.69, 9.17) is 17.0 Å². The Kier molecular flexibility index (Phi) is 11.5. The van der Waals surface area contributed by atoms with Gasteiger partial charge in [-0.05, 0) is 0 Å². The molecule has 0 nitrogen and oxygen atoms in total. The third-order valence-corrected chi connectivity index (χ3v) is 64.1. The topological polar surface area (TPSA) is 0 Å². The first-order valence-corrected chi connectivity index (χ1v) is 35.7. The van der Waals surface area contributed by atoms with Crippen LogP contribution in [0, 0.1) is 11.8 Å². The molecule has 0 fully saturated rings. The summed E-state index contributed by atoms with van der Waals surface area (Å²) >= 11 is -4.95. The van der Waals surface area contributed by atoms with Crippen molar-refractivity contribution in [2.45, 2.75) is 100 Å². The summed E-state index contributed by atoms with van der Waals surface area (Å²) in [4.78, 5) is 0. The van der Waals surface area contributed by atoms with E-state index in [9.17, 15) is 0 Å². The maximum absolute atomic E-state index is 8.90. The monoisotopic (exact) mass is 797 g/mol. The van der Waals surface area contributed by atoms with E-state index in [0.717, 1.165) is 38.5 Å². The zero-order chi connectivity index (χ0) is 35.8. The third kappa shape index (κ3) is 6.27. The fourth-order valence-corrected chi connectivity index (χ4v) is 40.5. The van der Waals surface area contributed by atoms with Crippen molar-refractivity contribution in [2.24, 2.45) is 11.8 Å². The van der Waals surface area contributed by atoms with Crippen LogP contribution in [0.3, 0.4) is 0 Å². The fourth-order valence-electron chi connectivity index (χ4n) is 9.25. The van der Waals surface area contributed by atoms with Crippen molar-refractivity contribution in [2.75, 3.05) is 0 Å². The summed E-state index contributed by atoms with van der Waals surface area (Å²) < 4.78 is 0.184. The molecule has 0 saturated carbocycles. The second kappa shape index (κ2) is 15.2. The number of hydrogen-bond donors (Lipinski definition) is 0. The van der Waals surface area contributed by atoms with Gasteiger partial charge in [0.05, 0.1) is 0 Å². The predicted octanol–water partition coefficient (Wildman–Crippen LogP) is 14.6. The first-order valence-electron chi connectivity index (χ1n) is 19.4. The minimum absolute atomic E-state index is 0.0918. The Balaban J connectivity index is 1.64. The summed E-state index contributed by atoms with van der Waals surface area (Å²) in [7, 11) is 17.8. The summed E-state index contributed by atoms with van der Waals surface area (Å²) in [6.45, 7) is 19.0. The zero-order valence-electron chi connectivity index (χ0n) is 31.6. The van der Waals surface area contributed by atoms with Gasteiger partial charge in [-0.15, -0.1) is 0 Å². The van der Waals surface area contributed by atoms with Gasteiger partial charge in [-0.2, -0.15) is 0 Å². The number of allylic oxidation sites excluding steroid dienone is 2. The third-order valence-electron chi connectivity index (χ3n) is 12.4. The Morgan fingerprint density at radius 1 is 0.560 bits per heavy atom. The van der Waals surface area contributed by atoms with Crippen molar-refractivity contribution in [3.63, 3.8) is 0 Å². The molecule has 2 aliphatic carbocycles. The molecule has 0 amide bonds. The molecule has 4 atom stereocenters. The molecule has 4 heteroatoms. The molecular weight excluding hydrogens is 743 g/mol. The Morgan fingerprint density at radius 3 is 1.30 bits per heavy atom. The van der Waals surface area contributed by atoms with E-state index in [0.29, 0.717) is 11.8 Å². The van der Waals surface area contributed by atoms with Crippen LogP contribution in [0.15, 0.2) is 96.1 Å². The summed E-state index contributed by atoms with van der Waals surface area (Å²) in [5, 5.41) is 0. The molecule has 0 bridgehead atoms. The van der Waals surface area contributed by atoms with E-state index < -0.39 is 21.5 Å². The molecule has 0 heterocycles. The van der Waals surface area contributed by atoms with Gasteiger partial charge in [-0.3, -0.25) is 0 Å². The second-order valence-corrected chi connectivity index (χ2v) is 58.1. The van der Waals surface area contributed by atoms with Gasteiger partial charge in [0.1, 0.15) is 0 Å². The van der Waals surface area contributed by atoms with E-state index in [2.05, 4.69) is 152 Å². The van der Waals surface area contributed by atoms with Crippen LogP contribution in [-0.4, -0.2) is 5.92 Å². The van der Waals surface area contributed by atoms with E-state index in [1.54, 1.807) is 0 Å². The zero-order valence-corrected chi connectivity index (χ0v) is 36.7. The molecule has 4 unspecified atom stereocenters. The number of benzene rings is 4. The minimum atomic E-state index is -4.95. The Labute approximate surface area is 312 Å². The van der Waals surface area contributed by atoms with Gasteiger partial charge < -0.3 is 0 Å². The summed E-state index contributed by atoms with van der Waals surface area (Å²) in [5.41, 5.74) is 16.7. The van der Waals surface area contributed by atoms with Gasteiger partial charge in [0.2, 0.25) is 0 Å². The molecule has 0 aliphatic heterocycles. The van der Waals surface area contributed by atoms with Crippen molar-refractivity contribution >= 4 is 35.1 Å². The Morgan fingerprint density at radius 2 is 0.940 bits per heavy atom. The molecule has 2 aliphatic rings. The normalized spacial score (nSPS) is 19.0. The van der Waals surface area contributed by atoms with E-state index >= 15 is 0 Å². The molecule has 6 rings (SSSR count). The Bertz CT molecular complexity index is 1800. The second-order valence-electron chi connectivity index (χ2n) is 15.6. The van der Waals surface area contributed by atoms with Crippen LogP contribution in [0.1, 0.15) is 108 Å². The van der Waals surface area contributed by atoms with E-state index in [1.165, 1.54) is 66.8 Å². The molecule has 0 saturated heterocycles. The SMILES string of the molecule is CCCc1ccccc1-c1cccc2c1C=C(C(C)CC)[CH]2[Zr]([Cl])([Cl])([CH]1C(C(C)CC)=Cc2c(-c3ccccc3CCC)cccc21)[SiH](C)C. The quantitative estimate of drug-likeness (QED) is 0.118. The Hall–Kier alpha value is -1.96. The van der Waals surface area contributed by atoms with Crippen molar-refractivity contribution in [3.05, 3.63) is 129 Å². The van der Waals surface area contributed by atoms with Crippen molar-refractivity contribution in [1.82, 2.24) is 0 Å². The van der Waals surface area contributed by atoms with Crippen molar-refractivity contribution in [3.8, 4) is 22.3 Å². The average Bonchev–Trinajstić information content (AvgIpc) is 3.73. The van der Waals surface area contributed by atoms with Crippen LogP contribution in [0.2, 0.25) is 13.1 Å². The van der Waals surface area contributed by atoms with Crippen LogP contribution in [-0.2, 0) is 28.4 Å². The van der Waals surface area contributed by atoms with Crippen LogP contribution in [0.4, 0.5) is 0 Å². The number of rotatable bonds is 13. The van der Waals surface area contributed by atoms with Gasteiger partial charge in [0, 0.05) is 0 Å². The first-order chi connectivity index (χ1) is 24.0. The molecule has 263 valence electrons. The van der Waals surface area contributed by atoms with Crippen molar-refractivity contribution in [1.29, 1.82) is 0 Å². The molecule has 0 radical (unpaired) electrons. The van der Waals surface area contributed by atoms with Gasteiger partial charge in [0.15, 0.2) is 0 Å². The molecule has 4 aromatic rings. The average molecular weight is 800 g/mol. The number of fused-ring (bicyclic) bond motifs is 2. The summed E-state index contributed by atoms with van der Waals surface area (Å²) in [6.07, 6.45) is 11.7. The fraction of sp³-hybridized carbons (Fsp3) is 0.391. The molecule has 0 spiro atoms. The number of aryl methyl sites for hydroxylation is 2. The van der Waals surface area contributed by atoms with Crippen LogP contribution in [0.25, 0.3) is 34.4 Å². The molecule has 0 aromatic heterocycles. The van der Waals surface area contributed by atoms with E-state index in [1.807, 2.05) is 0 Å². The summed E-state index contributed by atoms with van der Waals surface area (Å²) in [5.74, 6) is -0.890. The van der Waals surface area contributed by atoms with Crippen molar-refractivity contribution < 1.29 is 15.6 Å². The molecule has 4 aromatic carbocycles. The molecular formula is C46H57Cl2SiZr. The van der Waals surface area contributed by atoms with E-state index in [-0.39, 0.29) is 7.25 Å². The molecule has 0 N–H and O–H groups in total. The van der Waals surface area contributed by atoms with Gasteiger partial charge in [-0.25, -0.2) is 0 Å². The number of hydrogen-bond acceptors (Lipinski definition) is 0. The summed E-state index contributed by atoms with van der Waals surface area (Å²) in [6, 6.07) is 32.1. The maximum atomic E-state index is 8.90. The van der Waals surface area contributed by atoms with Gasteiger partial charge in [0.25, 0.3) is 0 Å². The standard InChI is InChI=1S/2C22H25.C2H7Si.2ClH.Zr/c2*1-4-9-17-10-6-7-12-20(17)21-13-8-11-18-14-19(15-22(18)21)16(3)5-2;1-3-2;;;/h2*6-8,10-16H,4-5,9H2,1-3H3;3H,1-2H3;2*1H;/q;;;;;+2/p-2. The predicted molar refractivity (Wildman–Crippen MR) is 223 cm³/mol. The molecule has 50 heavy (non-hydrogen) atoms. The van der Waals surface area contributed by atoms with Crippen LogP contribution in [0.5, 0.6) is 0 Å². The first kappa shape index (κ1) is 37.8. The number of halogens is 2.